The second kappa shape index (κ2) is 11.7. The third-order valence-electron chi connectivity index (χ3n) is 6.72. The highest BCUT2D eigenvalue weighted by Gasteiger charge is 2.42. The van der Waals surface area contributed by atoms with Crippen LogP contribution in [0.5, 0.6) is 0 Å². The first-order valence-electron chi connectivity index (χ1n) is 11.8. The molecule has 34 heavy (non-hydrogen) atoms. The number of rotatable bonds is 9. The maximum absolute atomic E-state index is 13.1. The molecule has 13 heteroatoms. The highest BCUT2D eigenvalue weighted by molar-refractivity contribution is 5.92. The van der Waals surface area contributed by atoms with Crippen LogP contribution in [-0.2, 0) is 20.9 Å². The van der Waals surface area contributed by atoms with Crippen LogP contribution in [0.15, 0.2) is 0 Å². The van der Waals surface area contributed by atoms with Crippen LogP contribution in [0.25, 0.3) is 0 Å². The number of aromatic nitrogens is 4. The smallest absolute Gasteiger partial charge is 0.405 e. The number of carbonyl (C=O) groups excluding carboxylic acids is 3. The summed E-state index contributed by atoms with van der Waals surface area (Å²) in [5.74, 6) is -0.508. The SMILES string of the molecule is CC(C)[C@H](NC(=O)O)C(=O)NCC(=O)N1C[C@H](C2CCCCC2)C[C@H]1C(=O)NCc1nn[nH]n1. The number of carbonyl (C=O) groups is 4. The summed E-state index contributed by atoms with van der Waals surface area (Å²) in [6, 6.07) is -1.63. The summed E-state index contributed by atoms with van der Waals surface area (Å²) in [6.07, 6.45) is 4.98. The topological polar surface area (TPSA) is 182 Å². The van der Waals surface area contributed by atoms with Gasteiger partial charge in [-0.1, -0.05) is 51.2 Å². The number of hydrogen-bond donors (Lipinski definition) is 5. The quantitative estimate of drug-likeness (QED) is 0.329. The molecule has 3 atom stereocenters. The Hall–Kier alpha value is -3.25. The summed E-state index contributed by atoms with van der Waals surface area (Å²) in [5, 5.41) is 29.9. The average molecular weight is 479 g/mol. The number of hydrogen-bond acceptors (Lipinski definition) is 7. The van der Waals surface area contributed by atoms with Crippen LogP contribution in [0, 0.1) is 17.8 Å². The van der Waals surface area contributed by atoms with E-state index in [1.54, 1.807) is 18.7 Å². The number of likely N-dealkylation sites (tertiary alicyclic amines) is 1. The van der Waals surface area contributed by atoms with E-state index in [0.717, 1.165) is 25.7 Å². The maximum atomic E-state index is 13.1. The Morgan fingerprint density at radius 1 is 1.12 bits per heavy atom. The van der Waals surface area contributed by atoms with Gasteiger partial charge in [0.25, 0.3) is 0 Å². The highest BCUT2D eigenvalue weighted by atomic mass is 16.4. The van der Waals surface area contributed by atoms with Gasteiger partial charge in [0, 0.05) is 6.54 Å². The van der Waals surface area contributed by atoms with Gasteiger partial charge in [-0.15, -0.1) is 10.2 Å². The fourth-order valence-electron chi connectivity index (χ4n) is 4.92. The average Bonchev–Trinajstić information content (AvgIpc) is 3.50. The summed E-state index contributed by atoms with van der Waals surface area (Å²) in [5.41, 5.74) is 0. The summed E-state index contributed by atoms with van der Waals surface area (Å²) in [7, 11) is 0. The van der Waals surface area contributed by atoms with Gasteiger partial charge in [0.2, 0.25) is 17.7 Å². The van der Waals surface area contributed by atoms with Crippen molar-refractivity contribution in [1.82, 2.24) is 41.5 Å². The number of H-pyrrole nitrogens is 1. The fraction of sp³-hybridized carbons (Fsp3) is 0.762. The van der Waals surface area contributed by atoms with Crippen molar-refractivity contribution in [3.8, 4) is 0 Å². The normalized spacial score (nSPS) is 21.8. The minimum atomic E-state index is -1.31. The lowest BCUT2D eigenvalue weighted by atomic mass is 9.79. The first kappa shape index (κ1) is 25.4. The van der Waals surface area contributed by atoms with Crippen molar-refractivity contribution in [3.05, 3.63) is 5.82 Å². The summed E-state index contributed by atoms with van der Waals surface area (Å²) < 4.78 is 0. The molecule has 1 saturated carbocycles. The lowest BCUT2D eigenvalue weighted by molar-refractivity contribution is -0.139. The molecular formula is C21H34N8O5. The third-order valence-corrected chi connectivity index (χ3v) is 6.72. The first-order valence-corrected chi connectivity index (χ1v) is 11.8. The molecule has 13 nitrogen and oxygen atoms in total. The first-order chi connectivity index (χ1) is 16.3. The summed E-state index contributed by atoms with van der Waals surface area (Å²) in [4.78, 5) is 51.1. The predicted molar refractivity (Wildman–Crippen MR) is 119 cm³/mol. The Morgan fingerprint density at radius 3 is 2.47 bits per heavy atom. The number of tetrazole rings is 1. The minimum Gasteiger partial charge on any atom is -0.465 e. The van der Waals surface area contributed by atoms with E-state index in [1.165, 1.54) is 6.42 Å². The van der Waals surface area contributed by atoms with Crippen molar-refractivity contribution < 1.29 is 24.3 Å². The van der Waals surface area contributed by atoms with E-state index >= 15 is 0 Å². The Bertz CT molecular complexity index is 855. The van der Waals surface area contributed by atoms with E-state index in [2.05, 4.69) is 36.6 Å². The van der Waals surface area contributed by atoms with Crippen LogP contribution < -0.4 is 16.0 Å². The highest BCUT2D eigenvalue weighted by Crippen LogP contribution is 2.37. The van der Waals surface area contributed by atoms with Gasteiger partial charge < -0.3 is 26.0 Å². The molecule has 2 aliphatic rings. The van der Waals surface area contributed by atoms with Crippen LogP contribution >= 0.6 is 0 Å². The van der Waals surface area contributed by atoms with Crippen molar-refractivity contribution >= 4 is 23.8 Å². The van der Waals surface area contributed by atoms with Crippen LogP contribution in [0.2, 0.25) is 0 Å². The number of amides is 4. The van der Waals surface area contributed by atoms with E-state index < -0.39 is 24.1 Å². The van der Waals surface area contributed by atoms with Crippen molar-refractivity contribution in [2.24, 2.45) is 17.8 Å². The van der Waals surface area contributed by atoms with Gasteiger partial charge in [0.1, 0.15) is 12.1 Å². The molecule has 1 aliphatic carbocycles. The van der Waals surface area contributed by atoms with Gasteiger partial charge in [-0.3, -0.25) is 14.4 Å². The third kappa shape index (κ3) is 6.64. The molecule has 0 unspecified atom stereocenters. The van der Waals surface area contributed by atoms with Crippen LogP contribution in [0.3, 0.4) is 0 Å². The van der Waals surface area contributed by atoms with Crippen LogP contribution in [-0.4, -0.2) is 79.6 Å². The van der Waals surface area contributed by atoms with Gasteiger partial charge in [-0.2, -0.15) is 5.21 Å². The summed E-state index contributed by atoms with van der Waals surface area (Å²) >= 11 is 0. The van der Waals surface area contributed by atoms with E-state index in [1.807, 2.05) is 0 Å². The Labute approximate surface area is 197 Å². The van der Waals surface area contributed by atoms with Gasteiger partial charge in [0.15, 0.2) is 5.82 Å². The Balaban J connectivity index is 1.64. The van der Waals surface area contributed by atoms with E-state index in [4.69, 9.17) is 5.11 Å². The maximum Gasteiger partial charge on any atom is 0.405 e. The number of nitrogens with zero attached hydrogens (tertiary/aromatic N) is 4. The lowest BCUT2D eigenvalue weighted by Gasteiger charge is -2.27. The molecule has 0 radical (unpaired) electrons. The molecule has 188 valence electrons. The van der Waals surface area contributed by atoms with E-state index in [0.29, 0.717) is 24.7 Å². The Morgan fingerprint density at radius 2 is 1.85 bits per heavy atom. The molecule has 1 aromatic rings. The minimum absolute atomic E-state index is 0.0929. The molecule has 1 aliphatic heterocycles. The van der Waals surface area contributed by atoms with Gasteiger partial charge in [-0.05, 0) is 24.2 Å². The number of nitrogens with one attached hydrogen (secondary N) is 4. The molecule has 4 amide bonds. The fourth-order valence-corrected chi connectivity index (χ4v) is 4.92. The zero-order chi connectivity index (χ0) is 24.7. The zero-order valence-electron chi connectivity index (χ0n) is 19.6. The van der Waals surface area contributed by atoms with Crippen molar-refractivity contribution in [2.45, 2.75) is 71.0 Å². The van der Waals surface area contributed by atoms with E-state index in [9.17, 15) is 19.2 Å². The monoisotopic (exact) mass is 478 g/mol. The largest absolute Gasteiger partial charge is 0.465 e. The van der Waals surface area contributed by atoms with Crippen molar-refractivity contribution in [2.75, 3.05) is 13.1 Å². The predicted octanol–water partition coefficient (Wildman–Crippen LogP) is 0.0217. The zero-order valence-corrected chi connectivity index (χ0v) is 19.6. The second-order valence-electron chi connectivity index (χ2n) is 9.39. The molecule has 0 bridgehead atoms. The molecule has 2 heterocycles. The van der Waals surface area contributed by atoms with E-state index in [-0.39, 0.29) is 36.7 Å². The van der Waals surface area contributed by atoms with Crippen LogP contribution in [0.1, 0.15) is 58.2 Å². The number of aromatic amines is 1. The molecule has 3 rings (SSSR count). The lowest BCUT2D eigenvalue weighted by Crippen LogP contribution is -2.53. The molecule has 1 aromatic heterocycles. The van der Waals surface area contributed by atoms with Gasteiger partial charge in [0.05, 0.1) is 13.1 Å². The molecular weight excluding hydrogens is 444 g/mol. The van der Waals surface area contributed by atoms with Gasteiger partial charge >= 0.3 is 6.09 Å². The molecule has 0 aromatic carbocycles. The molecule has 0 spiro atoms. The molecule has 2 fully saturated rings. The number of carboxylic acid groups (broad SMARTS) is 1. The van der Waals surface area contributed by atoms with Crippen LogP contribution in [0.4, 0.5) is 4.79 Å². The molecule has 5 N–H and O–H groups in total. The van der Waals surface area contributed by atoms with Gasteiger partial charge in [-0.25, -0.2) is 4.79 Å². The molecule has 1 saturated heterocycles. The van der Waals surface area contributed by atoms with Crippen molar-refractivity contribution in [3.63, 3.8) is 0 Å². The van der Waals surface area contributed by atoms with Crippen molar-refractivity contribution in [1.29, 1.82) is 0 Å². The summed E-state index contributed by atoms with van der Waals surface area (Å²) in [6.45, 7) is 3.66. The second-order valence-corrected chi connectivity index (χ2v) is 9.39. The Kier molecular flexibility index (Phi) is 8.77. The standard InChI is InChI=1S/C21H34N8O5/c1-12(2)18(24-21(33)34)20(32)23-10-17(30)29-11-14(13-6-4-3-5-7-13)8-15(29)19(31)22-9-16-25-27-28-26-16/h12-15,18,24H,3-11H2,1-2H3,(H,22,31)(H,23,32)(H,33,34)(H,25,26,27,28)/t14-,15+,18+/m1/s1.